The number of carboxylic acids is 1. The molecular weight excluding hydrogens is 216 g/mol. The van der Waals surface area contributed by atoms with Gasteiger partial charge in [-0.05, 0) is 36.5 Å². The lowest BCUT2D eigenvalue weighted by atomic mass is 9.70. The highest BCUT2D eigenvalue weighted by molar-refractivity contribution is 5.95. The monoisotopic (exact) mass is 234 g/mol. The van der Waals surface area contributed by atoms with Gasteiger partial charge in [0.15, 0.2) is 0 Å². The molecule has 0 atom stereocenters. The van der Waals surface area contributed by atoms with E-state index in [1.165, 1.54) is 19.3 Å². The first-order valence-corrected chi connectivity index (χ1v) is 5.87. The molecule has 0 spiro atoms. The molecule has 0 unspecified atom stereocenters. The SMILES string of the molecule is CC1(CNc2cc(N)ccc2C(=O)O)CCC1. The van der Waals surface area contributed by atoms with Gasteiger partial charge in [-0.25, -0.2) is 4.79 Å². The molecule has 1 fully saturated rings. The molecule has 1 aliphatic carbocycles. The van der Waals surface area contributed by atoms with E-state index >= 15 is 0 Å². The highest BCUT2D eigenvalue weighted by atomic mass is 16.4. The topological polar surface area (TPSA) is 75.3 Å². The number of rotatable bonds is 4. The predicted molar refractivity (Wildman–Crippen MR) is 68.3 cm³/mol. The highest BCUT2D eigenvalue weighted by Gasteiger charge is 2.31. The first-order chi connectivity index (χ1) is 8.00. The Hall–Kier alpha value is -1.71. The largest absolute Gasteiger partial charge is 0.478 e. The van der Waals surface area contributed by atoms with E-state index in [1.807, 2.05) is 0 Å². The number of nitrogens with one attached hydrogen (secondary N) is 1. The van der Waals surface area contributed by atoms with Gasteiger partial charge in [0, 0.05) is 12.2 Å². The van der Waals surface area contributed by atoms with Crippen molar-refractivity contribution in [2.24, 2.45) is 5.41 Å². The maximum absolute atomic E-state index is 11.1. The first-order valence-electron chi connectivity index (χ1n) is 5.87. The minimum atomic E-state index is -0.925. The summed E-state index contributed by atoms with van der Waals surface area (Å²) in [4.78, 5) is 11.1. The smallest absolute Gasteiger partial charge is 0.337 e. The third kappa shape index (κ3) is 2.52. The fourth-order valence-electron chi connectivity index (χ4n) is 2.16. The van der Waals surface area contributed by atoms with Crippen LogP contribution in [0.3, 0.4) is 0 Å². The van der Waals surface area contributed by atoms with Gasteiger partial charge in [0.05, 0.1) is 11.3 Å². The second-order valence-corrected chi connectivity index (χ2v) is 5.13. The van der Waals surface area contributed by atoms with Crippen molar-refractivity contribution in [3.05, 3.63) is 23.8 Å². The van der Waals surface area contributed by atoms with Gasteiger partial charge in [-0.2, -0.15) is 0 Å². The Kier molecular flexibility index (Phi) is 2.96. The molecule has 0 aromatic heterocycles. The van der Waals surface area contributed by atoms with Gasteiger partial charge >= 0.3 is 5.97 Å². The van der Waals surface area contributed by atoms with Crippen molar-refractivity contribution in [1.29, 1.82) is 0 Å². The van der Waals surface area contributed by atoms with E-state index in [0.717, 1.165) is 6.54 Å². The summed E-state index contributed by atoms with van der Waals surface area (Å²) in [5, 5.41) is 12.3. The van der Waals surface area contributed by atoms with E-state index in [9.17, 15) is 4.79 Å². The normalized spacial score (nSPS) is 17.2. The average molecular weight is 234 g/mol. The molecule has 17 heavy (non-hydrogen) atoms. The molecule has 0 saturated heterocycles. The van der Waals surface area contributed by atoms with Crippen molar-refractivity contribution in [1.82, 2.24) is 0 Å². The molecule has 1 saturated carbocycles. The fourth-order valence-corrected chi connectivity index (χ4v) is 2.16. The Morgan fingerprint density at radius 2 is 2.24 bits per heavy atom. The third-order valence-corrected chi connectivity index (χ3v) is 3.54. The number of benzene rings is 1. The molecule has 4 heteroatoms. The van der Waals surface area contributed by atoms with Crippen LogP contribution < -0.4 is 11.1 Å². The summed E-state index contributed by atoms with van der Waals surface area (Å²) in [5.74, 6) is -0.925. The molecule has 0 heterocycles. The van der Waals surface area contributed by atoms with E-state index < -0.39 is 5.97 Å². The average Bonchev–Trinajstić information content (AvgIpc) is 2.23. The van der Waals surface area contributed by atoms with Crippen molar-refractivity contribution in [2.75, 3.05) is 17.6 Å². The number of hydrogen-bond acceptors (Lipinski definition) is 3. The van der Waals surface area contributed by atoms with Crippen molar-refractivity contribution in [3.63, 3.8) is 0 Å². The summed E-state index contributed by atoms with van der Waals surface area (Å²) in [6.45, 7) is 3.02. The van der Waals surface area contributed by atoms with Crippen molar-refractivity contribution >= 4 is 17.3 Å². The third-order valence-electron chi connectivity index (χ3n) is 3.54. The maximum atomic E-state index is 11.1. The predicted octanol–water partition coefficient (Wildman–Crippen LogP) is 2.57. The Morgan fingerprint density at radius 3 is 2.76 bits per heavy atom. The van der Waals surface area contributed by atoms with Crippen LogP contribution in [0.2, 0.25) is 0 Å². The van der Waals surface area contributed by atoms with Gasteiger partial charge in [-0.1, -0.05) is 13.3 Å². The molecule has 0 radical (unpaired) electrons. The van der Waals surface area contributed by atoms with Crippen molar-refractivity contribution in [2.45, 2.75) is 26.2 Å². The standard InChI is InChI=1S/C13H18N2O2/c1-13(5-2-6-13)8-15-11-7-9(14)3-4-10(11)12(16)17/h3-4,7,15H,2,5-6,8,14H2,1H3,(H,16,17). The van der Waals surface area contributed by atoms with Crippen LogP contribution in [0, 0.1) is 5.41 Å². The number of carboxylic acid groups (broad SMARTS) is 1. The molecule has 0 aliphatic heterocycles. The zero-order valence-electron chi connectivity index (χ0n) is 9.99. The van der Waals surface area contributed by atoms with Crippen molar-refractivity contribution < 1.29 is 9.90 Å². The van der Waals surface area contributed by atoms with Crippen LogP contribution in [0.4, 0.5) is 11.4 Å². The Bertz CT molecular complexity index is 439. The second kappa shape index (κ2) is 4.28. The van der Waals surface area contributed by atoms with Gasteiger partial charge in [0.1, 0.15) is 0 Å². The molecule has 1 aromatic carbocycles. The van der Waals surface area contributed by atoms with Crippen LogP contribution in [0.25, 0.3) is 0 Å². The lowest BCUT2D eigenvalue weighted by Crippen LogP contribution is -2.33. The van der Waals surface area contributed by atoms with Crippen LogP contribution >= 0.6 is 0 Å². The summed E-state index contributed by atoms with van der Waals surface area (Å²) in [5.41, 5.74) is 7.46. The maximum Gasteiger partial charge on any atom is 0.337 e. The first kappa shape index (κ1) is 11.8. The molecule has 92 valence electrons. The molecule has 1 aromatic rings. The number of carbonyl (C=O) groups is 1. The quantitative estimate of drug-likeness (QED) is 0.700. The lowest BCUT2D eigenvalue weighted by Gasteiger charge is -2.38. The second-order valence-electron chi connectivity index (χ2n) is 5.13. The summed E-state index contributed by atoms with van der Waals surface area (Å²) in [6.07, 6.45) is 3.66. The summed E-state index contributed by atoms with van der Waals surface area (Å²) >= 11 is 0. The van der Waals surface area contributed by atoms with Gasteiger partial charge in [-0.15, -0.1) is 0 Å². The summed E-state index contributed by atoms with van der Waals surface area (Å²) in [7, 11) is 0. The van der Waals surface area contributed by atoms with Crippen LogP contribution in [-0.2, 0) is 0 Å². The molecule has 1 aliphatic rings. The molecule has 4 nitrogen and oxygen atoms in total. The van der Waals surface area contributed by atoms with E-state index in [2.05, 4.69) is 12.2 Å². The number of nitrogens with two attached hydrogens (primary N) is 1. The van der Waals surface area contributed by atoms with Crippen molar-refractivity contribution in [3.8, 4) is 0 Å². The number of nitrogen functional groups attached to an aromatic ring is 1. The molecule has 4 N–H and O–H groups in total. The van der Waals surface area contributed by atoms with E-state index in [4.69, 9.17) is 10.8 Å². The highest BCUT2D eigenvalue weighted by Crippen LogP contribution is 2.40. The Morgan fingerprint density at radius 1 is 1.53 bits per heavy atom. The molecule has 2 rings (SSSR count). The molecule has 0 bridgehead atoms. The van der Waals surface area contributed by atoms with Crippen LogP contribution in [0.1, 0.15) is 36.5 Å². The van der Waals surface area contributed by atoms with Gasteiger partial charge < -0.3 is 16.2 Å². The number of hydrogen-bond donors (Lipinski definition) is 3. The van der Waals surface area contributed by atoms with E-state index in [0.29, 0.717) is 16.8 Å². The van der Waals surface area contributed by atoms with Gasteiger partial charge in [-0.3, -0.25) is 0 Å². The summed E-state index contributed by atoms with van der Waals surface area (Å²) in [6, 6.07) is 4.84. The zero-order valence-corrected chi connectivity index (χ0v) is 9.99. The van der Waals surface area contributed by atoms with E-state index in [-0.39, 0.29) is 5.56 Å². The van der Waals surface area contributed by atoms with E-state index in [1.54, 1.807) is 18.2 Å². The minimum absolute atomic E-state index is 0.280. The Balaban J connectivity index is 2.13. The van der Waals surface area contributed by atoms with Gasteiger partial charge in [0.25, 0.3) is 0 Å². The zero-order chi connectivity index (χ0) is 12.5. The number of aromatic carboxylic acids is 1. The Labute approximate surface area is 101 Å². The minimum Gasteiger partial charge on any atom is -0.478 e. The van der Waals surface area contributed by atoms with Crippen LogP contribution in [-0.4, -0.2) is 17.6 Å². The molecular formula is C13H18N2O2. The van der Waals surface area contributed by atoms with Gasteiger partial charge in [0.2, 0.25) is 0 Å². The van der Waals surface area contributed by atoms with Crippen LogP contribution in [0.15, 0.2) is 18.2 Å². The van der Waals surface area contributed by atoms with Crippen LogP contribution in [0.5, 0.6) is 0 Å². The molecule has 0 amide bonds. The summed E-state index contributed by atoms with van der Waals surface area (Å²) < 4.78 is 0. The fraction of sp³-hybridized carbons (Fsp3) is 0.462. The number of anilines is 2. The lowest BCUT2D eigenvalue weighted by molar-refractivity contribution is 0.0697.